The first-order chi connectivity index (χ1) is 17.5. The van der Waals surface area contributed by atoms with Crippen molar-refractivity contribution in [3.05, 3.63) is 77.4 Å². The molecular weight excluding hydrogens is 452 g/mol. The largest absolute Gasteiger partial charge is 0.373 e. The first kappa shape index (κ1) is 22.6. The fourth-order valence-electron chi connectivity index (χ4n) is 5.23. The number of H-pyrrole nitrogens is 1. The Morgan fingerprint density at radius 3 is 2.89 bits per heavy atom. The average molecular weight is 481 g/mol. The van der Waals surface area contributed by atoms with Crippen LogP contribution in [0, 0.1) is 0 Å². The van der Waals surface area contributed by atoms with Crippen molar-refractivity contribution in [2.75, 3.05) is 18.4 Å². The molecule has 182 valence electrons. The van der Waals surface area contributed by atoms with E-state index in [0.717, 1.165) is 57.8 Å². The maximum atomic E-state index is 13.3. The normalized spacial score (nSPS) is 19.5. The minimum Gasteiger partial charge on any atom is -0.373 e. The van der Waals surface area contributed by atoms with E-state index < -0.39 is 0 Å². The number of fused-ring (bicyclic) bond motifs is 2. The molecule has 0 aliphatic carbocycles. The van der Waals surface area contributed by atoms with Crippen LogP contribution >= 0.6 is 0 Å². The second-order valence-corrected chi connectivity index (χ2v) is 9.58. The Balaban J connectivity index is 1.27. The van der Waals surface area contributed by atoms with Gasteiger partial charge in [-0.1, -0.05) is 6.07 Å². The van der Waals surface area contributed by atoms with E-state index in [1.165, 1.54) is 0 Å². The van der Waals surface area contributed by atoms with Crippen molar-refractivity contribution in [3.63, 3.8) is 0 Å². The number of morpholine rings is 1. The number of rotatable bonds is 5. The Morgan fingerprint density at radius 2 is 2.03 bits per heavy atom. The maximum Gasteiger partial charge on any atom is 0.274 e. The van der Waals surface area contributed by atoms with Gasteiger partial charge in [0.25, 0.3) is 5.91 Å². The molecule has 8 nitrogen and oxygen atoms in total. The zero-order valence-electron chi connectivity index (χ0n) is 20.4. The molecular formula is C28H28N6O2. The summed E-state index contributed by atoms with van der Waals surface area (Å²) in [5.74, 6) is -0.235. The molecule has 0 bridgehead atoms. The number of carbonyl (C=O) groups excluding carboxylic acids is 1. The second kappa shape index (κ2) is 9.29. The first-order valence-corrected chi connectivity index (χ1v) is 12.3. The SMILES string of the molecule is C[C@@H]1CN(Cc2cccc(C(=O)Nc3cc(-c4ccnc5[nH]ccc45)cc4c3C=NC4)n2)C[C@H](C)O1. The van der Waals surface area contributed by atoms with Crippen LogP contribution in [0.25, 0.3) is 22.2 Å². The van der Waals surface area contributed by atoms with Gasteiger partial charge in [-0.15, -0.1) is 0 Å². The van der Waals surface area contributed by atoms with E-state index in [1.807, 2.05) is 42.7 Å². The summed E-state index contributed by atoms with van der Waals surface area (Å²) in [6.07, 6.45) is 5.88. The lowest BCUT2D eigenvalue weighted by Crippen LogP contribution is -2.45. The number of ether oxygens (including phenoxy) is 1. The van der Waals surface area contributed by atoms with Gasteiger partial charge in [-0.3, -0.25) is 14.7 Å². The van der Waals surface area contributed by atoms with Crippen molar-refractivity contribution >= 4 is 28.8 Å². The number of nitrogens with zero attached hydrogens (tertiary/aromatic N) is 4. The number of amides is 1. The van der Waals surface area contributed by atoms with E-state index in [1.54, 1.807) is 12.3 Å². The van der Waals surface area contributed by atoms with Crippen LogP contribution in [0.3, 0.4) is 0 Å². The summed E-state index contributed by atoms with van der Waals surface area (Å²) < 4.78 is 5.84. The number of anilines is 1. The zero-order chi connectivity index (χ0) is 24.6. The van der Waals surface area contributed by atoms with Crippen molar-refractivity contribution in [2.45, 2.75) is 39.1 Å². The highest BCUT2D eigenvalue weighted by molar-refractivity contribution is 6.07. The van der Waals surface area contributed by atoms with Crippen LogP contribution in [0.4, 0.5) is 5.69 Å². The molecule has 4 aromatic rings. The molecule has 6 rings (SSSR count). The quantitative estimate of drug-likeness (QED) is 0.441. The molecule has 2 aliphatic rings. The monoisotopic (exact) mass is 480 g/mol. The fraction of sp³-hybridized carbons (Fsp3) is 0.286. The molecule has 3 aromatic heterocycles. The Labute approximate surface area is 209 Å². The number of carbonyl (C=O) groups is 1. The van der Waals surface area contributed by atoms with E-state index in [0.29, 0.717) is 18.8 Å². The van der Waals surface area contributed by atoms with E-state index in [2.05, 4.69) is 50.1 Å². The van der Waals surface area contributed by atoms with Gasteiger partial charge >= 0.3 is 0 Å². The number of aromatic amines is 1. The van der Waals surface area contributed by atoms with Gasteiger partial charge in [0, 0.05) is 49.2 Å². The maximum absolute atomic E-state index is 13.3. The van der Waals surface area contributed by atoms with Crippen LogP contribution in [-0.4, -0.2) is 57.3 Å². The number of aliphatic imine (C=N–C) groups is 1. The van der Waals surface area contributed by atoms with Crippen molar-refractivity contribution < 1.29 is 9.53 Å². The van der Waals surface area contributed by atoms with Crippen LogP contribution in [0.2, 0.25) is 0 Å². The van der Waals surface area contributed by atoms with E-state index in [9.17, 15) is 4.79 Å². The predicted octanol–water partition coefficient (Wildman–Crippen LogP) is 4.42. The number of pyridine rings is 2. The Kier molecular flexibility index (Phi) is 5.83. The van der Waals surface area contributed by atoms with Crippen LogP contribution in [0.1, 0.15) is 41.2 Å². The molecule has 0 unspecified atom stereocenters. The Morgan fingerprint density at radius 1 is 1.17 bits per heavy atom. The molecule has 2 aliphatic heterocycles. The molecule has 0 radical (unpaired) electrons. The van der Waals surface area contributed by atoms with Gasteiger partial charge in [0.05, 0.1) is 30.1 Å². The smallest absolute Gasteiger partial charge is 0.274 e. The third-order valence-corrected chi connectivity index (χ3v) is 6.69. The lowest BCUT2D eigenvalue weighted by atomic mass is 9.97. The highest BCUT2D eigenvalue weighted by atomic mass is 16.5. The third-order valence-electron chi connectivity index (χ3n) is 6.69. The number of hydrogen-bond donors (Lipinski definition) is 2. The summed E-state index contributed by atoms with van der Waals surface area (Å²) in [4.78, 5) is 32.3. The topological polar surface area (TPSA) is 95.5 Å². The highest BCUT2D eigenvalue weighted by Gasteiger charge is 2.23. The van der Waals surface area contributed by atoms with E-state index >= 15 is 0 Å². The molecule has 2 N–H and O–H groups in total. The van der Waals surface area contributed by atoms with Crippen molar-refractivity contribution in [2.24, 2.45) is 4.99 Å². The Bertz CT molecular complexity index is 1470. The van der Waals surface area contributed by atoms with Crippen LogP contribution < -0.4 is 5.32 Å². The summed E-state index contributed by atoms with van der Waals surface area (Å²) in [7, 11) is 0. The third kappa shape index (κ3) is 4.41. The molecule has 0 saturated carbocycles. The number of benzene rings is 1. The molecule has 2 atom stereocenters. The zero-order valence-corrected chi connectivity index (χ0v) is 20.4. The number of nitrogens with one attached hydrogen (secondary N) is 2. The van der Waals surface area contributed by atoms with Crippen LogP contribution in [-0.2, 0) is 17.8 Å². The summed E-state index contributed by atoms with van der Waals surface area (Å²) in [6.45, 7) is 7.16. The van der Waals surface area contributed by atoms with Crippen molar-refractivity contribution in [1.29, 1.82) is 0 Å². The molecule has 1 saturated heterocycles. The lowest BCUT2D eigenvalue weighted by molar-refractivity contribution is -0.0707. The van der Waals surface area contributed by atoms with Gasteiger partial charge in [-0.05, 0) is 66.9 Å². The molecule has 8 heteroatoms. The second-order valence-electron chi connectivity index (χ2n) is 9.58. The van der Waals surface area contributed by atoms with Gasteiger partial charge in [0.1, 0.15) is 11.3 Å². The molecule has 1 amide bonds. The minimum absolute atomic E-state index is 0.184. The van der Waals surface area contributed by atoms with Gasteiger partial charge < -0.3 is 15.0 Å². The first-order valence-electron chi connectivity index (χ1n) is 12.3. The van der Waals surface area contributed by atoms with Crippen LogP contribution in [0.15, 0.2) is 59.9 Å². The summed E-state index contributed by atoms with van der Waals surface area (Å²) in [5, 5.41) is 4.14. The number of aromatic nitrogens is 3. The minimum atomic E-state index is -0.235. The fourth-order valence-corrected chi connectivity index (χ4v) is 5.23. The van der Waals surface area contributed by atoms with Crippen molar-refractivity contribution in [1.82, 2.24) is 19.9 Å². The summed E-state index contributed by atoms with van der Waals surface area (Å²) >= 11 is 0. The summed E-state index contributed by atoms with van der Waals surface area (Å²) in [6, 6.07) is 13.8. The van der Waals surface area contributed by atoms with Gasteiger partial charge in [0.15, 0.2) is 0 Å². The van der Waals surface area contributed by atoms with Gasteiger partial charge in [-0.2, -0.15) is 0 Å². The molecule has 1 aromatic carbocycles. The van der Waals surface area contributed by atoms with E-state index in [4.69, 9.17) is 4.74 Å². The standard InChI is InChI=1S/C28H28N6O2/c1-17-14-34(15-18(2)36-17)16-21-4-3-5-25(32-21)28(35)33-26-11-19(10-20-12-29-13-24(20)26)22-6-8-30-27-23(22)7-9-31-27/h3-11,13,17-18H,12,14-16H2,1-2H3,(H,30,31)(H,33,35)/t17-,18+. The molecule has 5 heterocycles. The predicted molar refractivity (Wildman–Crippen MR) is 140 cm³/mol. The molecule has 1 fully saturated rings. The Hall–Kier alpha value is -3.88. The van der Waals surface area contributed by atoms with E-state index in [-0.39, 0.29) is 18.1 Å². The van der Waals surface area contributed by atoms with Gasteiger partial charge in [0.2, 0.25) is 0 Å². The average Bonchev–Trinajstić information content (AvgIpc) is 3.53. The highest BCUT2D eigenvalue weighted by Crippen LogP contribution is 2.34. The van der Waals surface area contributed by atoms with Crippen LogP contribution in [0.5, 0.6) is 0 Å². The molecule has 36 heavy (non-hydrogen) atoms. The van der Waals surface area contributed by atoms with Crippen molar-refractivity contribution in [3.8, 4) is 11.1 Å². The lowest BCUT2D eigenvalue weighted by Gasteiger charge is -2.35. The summed E-state index contributed by atoms with van der Waals surface area (Å²) in [5.41, 5.74) is 6.93. The molecule has 0 spiro atoms. The van der Waals surface area contributed by atoms with Gasteiger partial charge in [-0.25, -0.2) is 9.97 Å². The number of hydrogen-bond acceptors (Lipinski definition) is 6.